The van der Waals surface area contributed by atoms with Crippen LogP contribution in [0, 0.1) is 5.82 Å². The Labute approximate surface area is 184 Å². The molecule has 0 saturated carbocycles. The van der Waals surface area contributed by atoms with Crippen molar-refractivity contribution < 1.29 is 19.1 Å². The van der Waals surface area contributed by atoms with Crippen molar-refractivity contribution in [2.45, 2.75) is 19.0 Å². The number of amides is 1. The molecule has 1 aliphatic rings. The summed E-state index contributed by atoms with van der Waals surface area (Å²) in [7, 11) is 0. The van der Waals surface area contributed by atoms with E-state index in [1.165, 1.54) is 23.1 Å². The number of carbonyl (C=O) groups is 2. The molecule has 1 aromatic heterocycles. The minimum absolute atomic E-state index is 0.116. The Hall–Kier alpha value is -4.00. The predicted octanol–water partition coefficient (Wildman–Crippen LogP) is 4.09. The van der Waals surface area contributed by atoms with Crippen molar-refractivity contribution in [3.63, 3.8) is 0 Å². The molecule has 6 nitrogen and oxygen atoms in total. The molecular weight excluding hydrogens is 409 g/mol. The number of hydrogen-bond donors (Lipinski definition) is 1. The molecule has 4 rings (SSSR count). The molecule has 32 heavy (non-hydrogen) atoms. The highest BCUT2D eigenvalue weighted by Crippen LogP contribution is 2.39. The Morgan fingerprint density at radius 2 is 1.84 bits per heavy atom. The zero-order valence-corrected chi connectivity index (χ0v) is 17.3. The Bertz CT molecular complexity index is 1170. The van der Waals surface area contributed by atoms with Crippen molar-refractivity contribution in [3.8, 4) is 0 Å². The largest absolute Gasteiger partial charge is 0.503 e. The predicted molar refractivity (Wildman–Crippen MR) is 118 cm³/mol. The van der Waals surface area contributed by atoms with Crippen LogP contribution in [0.15, 0.2) is 90.7 Å². The SMILES string of the molecule is O=C(C=Cc1ccccc1)C1=C(O)C(=O)N(CCCn2ccnc2)C1c1ccccc1F. The van der Waals surface area contributed by atoms with Crippen LogP contribution in [0.3, 0.4) is 0 Å². The molecule has 0 bridgehead atoms. The topological polar surface area (TPSA) is 75.4 Å². The smallest absolute Gasteiger partial charge is 0.290 e. The van der Waals surface area contributed by atoms with E-state index in [0.29, 0.717) is 13.0 Å². The van der Waals surface area contributed by atoms with E-state index in [1.54, 1.807) is 36.9 Å². The van der Waals surface area contributed by atoms with Gasteiger partial charge >= 0.3 is 0 Å². The second-order valence-electron chi connectivity index (χ2n) is 7.45. The zero-order chi connectivity index (χ0) is 22.5. The number of benzene rings is 2. The highest BCUT2D eigenvalue weighted by Gasteiger charge is 2.43. The van der Waals surface area contributed by atoms with Crippen molar-refractivity contribution in [1.82, 2.24) is 14.5 Å². The average molecular weight is 431 g/mol. The third kappa shape index (κ3) is 4.37. The van der Waals surface area contributed by atoms with Gasteiger partial charge in [-0.2, -0.15) is 0 Å². The average Bonchev–Trinajstić information content (AvgIpc) is 3.41. The molecule has 1 unspecified atom stereocenters. The van der Waals surface area contributed by atoms with Crippen LogP contribution in [0.4, 0.5) is 4.39 Å². The second kappa shape index (κ2) is 9.43. The number of carbonyl (C=O) groups excluding carboxylic acids is 2. The lowest BCUT2D eigenvalue weighted by Gasteiger charge is -2.27. The lowest BCUT2D eigenvalue weighted by molar-refractivity contribution is -0.129. The molecule has 7 heteroatoms. The zero-order valence-electron chi connectivity index (χ0n) is 17.3. The van der Waals surface area contributed by atoms with E-state index in [0.717, 1.165) is 5.56 Å². The number of allylic oxidation sites excluding steroid dienone is 1. The van der Waals surface area contributed by atoms with Gasteiger partial charge in [0.2, 0.25) is 0 Å². The van der Waals surface area contributed by atoms with Crippen molar-refractivity contribution in [2.24, 2.45) is 0 Å². The number of aromatic nitrogens is 2. The maximum atomic E-state index is 14.7. The first-order valence-electron chi connectivity index (χ1n) is 10.3. The van der Waals surface area contributed by atoms with Gasteiger partial charge in [0.15, 0.2) is 11.5 Å². The van der Waals surface area contributed by atoms with Crippen molar-refractivity contribution >= 4 is 17.8 Å². The Kier molecular flexibility index (Phi) is 6.26. The van der Waals surface area contributed by atoms with Crippen LogP contribution in [0.25, 0.3) is 6.08 Å². The molecule has 0 spiro atoms. The highest BCUT2D eigenvalue weighted by molar-refractivity contribution is 6.14. The van der Waals surface area contributed by atoms with Gasteiger partial charge in [0.05, 0.1) is 17.9 Å². The van der Waals surface area contributed by atoms with E-state index in [1.807, 2.05) is 34.9 Å². The van der Waals surface area contributed by atoms with Gasteiger partial charge in [-0.05, 0) is 24.1 Å². The standard InChI is InChI=1S/C25H22FN3O3/c26-20-10-5-4-9-19(20)23-22(21(30)12-11-18-7-2-1-3-8-18)24(31)25(32)29(23)15-6-14-28-16-13-27-17-28/h1-5,7-13,16-17,23,31H,6,14-15H2. The number of aliphatic hydroxyl groups is 1. The van der Waals surface area contributed by atoms with E-state index in [2.05, 4.69) is 4.98 Å². The Morgan fingerprint density at radius 1 is 1.09 bits per heavy atom. The number of imidazole rings is 1. The maximum Gasteiger partial charge on any atom is 0.290 e. The van der Waals surface area contributed by atoms with E-state index < -0.39 is 29.3 Å². The molecule has 0 fully saturated rings. The Morgan fingerprint density at radius 3 is 2.56 bits per heavy atom. The molecule has 3 aromatic rings. The first-order valence-corrected chi connectivity index (χ1v) is 10.3. The molecule has 1 amide bonds. The van der Waals surface area contributed by atoms with Crippen molar-refractivity contribution in [1.29, 1.82) is 0 Å². The van der Waals surface area contributed by atoms with Crippen LogP contribution >= 0.6 is 0 Å². The first-order chi connectivity index (χ1) is 15.6. The quantitative estimate of drug-likeness (QED) is 0.545. The van der Waals surface area contributed by atoms with Gasteiger partial charge in [-0.1, -0.05) is 54.6 Å². The summed E-state index contributed by atoms with van der Waals surface area (Å²) >= 11 is 0. The molecule has 0 radical (unpaired) electrons. The summed E-state index contributed by atoms with van der Waals surface area (Å²) in [5.41, 5.74) is 0.851. The lowest BCUT2D eigenvalue weighted by atomic mass is 9.95. The van der Waals surface area contributed by atoms with Gasteiger partial charge in [0.1, 0.15) is 5.82 Å². The Balaban J connectivity index is 1.63. The fraction of sp³-hybridized carbons (Fsp3) is 0.160. The molecule has 162 valence electrons. The number of aryl methyl sites for hydroxylation is 1. The monoisotopic (exact) mass is 431 g/mol. The highest BCUT2D eigenvalue weighted by atomic mass is 19.1. The number of hydrogen-bond acceptors (Lipinski definition) is 4. The van der Waals surface area contributed by atoms with Crippen LogP contribution in [0.2, 0.25) is 0 Å². The second-order valence-corrected chi connectivity index (χ2v) is 7.45. The van der Waals surface area contributed by atoms with Crippen LogP contribution < -0.4 is 0 Å². The van der Waals surface area contributed by atoms with Gasteiger partial charge in [-0.25, -0.2) is 9.37 Å². The number of nitrogens with zero attached hydrogens (tertiary/aromatic N) is 3. The molecule has 0 aliphatic carbocycles. The van der Waals surface area contributed by atoms with Crippen LogP contribution in [-0.4, -0.2) is 37.8 Å². The third-order valence-electron chi connectivity index (χ3n) is 5.37. The molecule has 2 aromatic carbocycles. The molecule has 1 aliphatic heterocycles. The van der Waals surface area contributed by atoms with E-state index >= 15 is 0 Å². The first kappa shape index (κ1) is 21.2. The van der Waals surface area contributed by atoms with Crippen molar-refractivity contribution in [2.75, 3.05) is 6.54 Å². The van der Waals surface area contributed by atoms with Gasteiger partial charge < -0.3 is 14.6 Å². The molecule has 0 saturated heterocycles. The summed E-state index contributed by atoms with van der Waals surface area (Å²) in [6.07, 6.45) is 8.58. The summed E-state index contributed by atoms with van der Waals surface area (Å²) in [6.45, 7) is 0.824. The summed E-state index contributed by atoms with van der Waals surface area (Å²) in [6, 6.07) is 14.2. The van der Waals surface area contributed by atoms with Gasteiger partial charge in [-0.3, -0.25) is 9.59 Å². The minimum Gasteiger partial charge on any atom is -0.503 e. The fourth-order valence-corrected chi connectivity index (χ4v) is 3.82. The molecule has 1 atom stereocenters. The van der Waals surface area contributed by atoms with Crippen LogP contribution in [0.1, 0.15) is 23.6 Å². The summed E-state index contributed by atoms with van der Waals surface area (Å²) in [4.78, 5) is 31.3. The van der Waals surface area contributed by atoms with Gasteiger partial charge in [-0.15, -0.1) is 0 Å². The van der Waals surface area contributed by atoms with E-state index in [4.69, 9.17) is 0 Å². The van der Waals surface area contributed by atoms with E-state index in [9.17, 15) is 19.1 Å². The van der Waals surface area contributed by atoms with Gasteiger partial charge in [0, 0.05) is 31.0 Å². The number of aliphatic hydroxyl groups excluding tert-OH is 1. The number of rotatable bonds is 8. The minimum atomic E-state index is -1.00. The molecular formula is C25H22FN3O3. The molecule has 1 N–H and O–H groups in total. The normalized spacial score (nSPS) is 16.3. The summed E-state index contributed by atoms with van der Waals surface area (Å²) < 4.78 is 16.6. The third-order valence-corrected chi connectivity index (χ3v) is 5.37. The van der Waals surface area contributed by atoms with E-state index in [-0.39, 0.29) is 17.7 Å². The van der Waals surface area contributed by atoms with Crippen molar-refractivity contribution in [3.05, 3.63) is 108 Å². The number of halogens is 1. The summed E-state index contributed by atoms with van der Waals surface area (Å²) in [5, 5.41) is 10.6. The van der Waals surface area contributed by atoms with Crippen LogP contribution in [0.5, 0.6) is 0 Å². The maximum absolute atomic E-state index is 14.7. The van der Waals surface area contributed by atoms with Gasteiger partial charge in [0.25, 0.3) is 5.91 Å². The molecule has 2 heterocycles. The summed E-state index contributed by atoms with van der Waals surface area (Å²) in [5.74, 6) is -2.40. The number of ketones is 1. The lowest BCUT2D eigenvalue weighted by Crippen LogP contribution is -2.33. The fourth-order valence-electron chi connectivity index (χ4n) is 3.82. The van der Waals surface area contributed by atoms with Crippen LogP contribution in [-0.2, 0) is 16.1 Å².